The molecule has 0 atom stereocenters. The van der Waals surface area contributed by atoms with Gasteiger partial charge in [-0.15, -0.1) is 0 Å². The Kier molecular flexibility index (Phi) is 4.13. The van der Waals surface area contributed by atoms with Crippen LogP contribution in [-0.2, 0) is 11.3 Å². The van der Waals surface area contributed by atoms with Crippen molar-refractivity contribution in [2.75, 3.05) is 6.61 Å². The molecule has 0 aromatic carbocycles. The van der Waals surface area contributed by atoms with Gasteiger partial charge in [0.1, 0.15) is 0 Å². The summed E-state index contributed by atoms with van der Waals surface area (Å²) in [6.07, 6.45) is 5.98. The van der Waals surface area contributed by atoms with Crippen LogP contribution in [0.1, 0.15) is 43.5 Å². The van der Waals surface area contributed by atoms with Gasteiger partial charge < -0.3 is 10.5 Å². The number of rotatable bonds is 4. The Bertz CT molecular complexity index is 359. The van der Waals surface area contributed by atoms with Gasteiger partial charge in [-0.25, -0.2) is 0 Å². The largest absolute Gasteiger partial charge is 0.373 e. The third-order valence-corrected chi connectivity index (χ3v) is 3.43. The molecule has 1 aliphatic carbocycles. The van der Waals surface area contributed by atoms with Gasteiger partial charge in [0, 0.05) is 11.2 Å². The Morgan fingerprint density at radius 3 is 2.76 bits per heavy atom. The summed E-state index contributed by atoms with van der Waals surface area (Å²) >= 11 is 0. The first-order valence-corrected chi connectivity index (χ1v) is 6.47. The fourth-order valence-corrected chi connectivity index (χ4v) is 2.44. The Hall–Kier alpha value is -0.930. The summed E-state index contributed by atoms with van der Waals surface area (Å²) in [7, 11) is 0. The lowest BCUT2D eigenvalue weighted by molar-refractivity contribution is 0.0558. The van der Waals surface area contributed by atoms with Crippen LogP contribution in [-0.4, -0.2) is 17.1 Å². The van der Waals surface area contributed by atoms with Gasteiger partial charge in [-0.3, -0.25) is 4.98 Å². The molecule has 1 aromatic heterocycles. The minimum Gasteiger partial charge on any atom is -0.373 e. The Morgan fingerprint density at radius 2 is 2.06 bits per heavy atom. The average Bonchev–Trinajstić information content (AvgIpc) is 2.30. The Balaban J connectivity index is 1.79. The summed E-state index contributed by atoms with van der Waals surface area (Å²) < 4.78 is 5.73. The molecule has 1 heterocycles. The van der Waals surface area contributed by atoms with Crippen LogP contribution >= 0.6 is 0 Å². The number of ether oxygens (including phenoxy) is 1. The monoisotopic (exact) mass is 234 g/mol. The molecule has 2 rings (SSSR count). The molecule has 0 aliphatic heterocycles. The minimum absolute atomic E-state index is 0.0952. The quantitative estimate of drug-likeness (QED) is 0.871. The molecule has 0 unspecified atom stereocenters. The molecule has 17 heavy (non-hydrogen) atoms. The first-order valence-electron chi connectivity index (χ1n) is 6.47. The van der Waals surface area contributed by atoms with Gasteiger partial charge in [0.15, 0.2) is 0 Å². The topological polar surface area (TPSA) is 48.1 Å². The summed E-state index contributed by atoms with van der Waals surface area (Å²) in [5.74, 6) is 0. The van der Waals surface area contributed by atoms with Crippen molar-refractivity contribution >= 4 is 0 Å². The molecule has 3 heteroatoms. The van der Waals surface area contributed by atoms with Crippen molar-refractivity contribution in [3.63, 3.8) is 0 Å². The van der Waals surface area contributed by atoms with Gasteiger partial charge >= 0.3 is 0 Å². The number of aromatic nitrogens is 1. The summed E-state index contributed by atoms with van der Waals surface area (Å²) in [6.45, 7) is 3.22. The number of aryl methyl sites for hydroxylation is 1. The maximum atomic E-state index is 6.31. The van der Waals surface area contributed by atoms with Gasteiger partial charge in [-0.05, 0) is 31.9 Å². The first kappa shape index (κ1) is 12.5. The van der Waals surface area contributed by atoms with E-state index in [0.717, 1.165) is 24.2 Å². The summed E-state index contributed by atoms with van der Waals surface area (Å²) in [6, 6.07) is 6.01. The zero-order valence-corrected chi connectivity index (χ0v) is 10.6. The third-order valence-electron chi connectivity index (χ3n) is 3.43. The third kappa shape index (κ3) is 3.79. The van der Waals surface area contributed by atoms with E-state index in [0.29, 0.717) is 13.2 Å². The molecule has 3 nitrogen and oxygen atoms in total. The second kappa shape index (κ2) is 5.61. The highest BCUT2D eigenvalue weighted by Gasteiger charge is 2.27. The minimum atomic E-state index is -0.0952. The molecule has 0 radical (unpaired) electrons. The lowest BCUT2D eigenvalue weighted by Gasteiger charge is -2.32. The highest BCUT2D eigenvalue weighted by molar-refractivity contribution is 5.09. The van der Waals surface area contributed by atoms with Crippen LogP contribution in [0.4, 0.5) is 0 Å². The van der Waals surface area contributed by atoms with E-state index < -0.39 is 0 Å². The molecular weight excluding hydrogens is 212 g/mol. The van der Waals surface area contributed by atoms with E-state index in [1.54, 1.807) is 0 Å². The van der Waals surface area contributed by atoms with Crippen molar-refractivity contribution in [3.05, 3.63) is 29.6 Å². The highest BCUT2D eigenvalue weighted by atomic mass is 16.5. The summed E-state index contributed by atoms with van der Waals surface area (Å²) in [5.41, 5.74) is 8.24. The second-order valence-electron chi connectivity index (χ2n) is 5.19. The number of pyridine rings is 1. The zero-order chi connectivity index (χ0) is 12.1. The lowest BCUT2D eigenvalue weighted by atomic mass is 9.83. The smallest absolute Gasteiger partial charge is 0.0888 e. The lowest BCUT2D eigenvalue weighted by Crippen LogP contribution is -2.46. The van der Waals surface area contributed by atoms with Crippen LogP contribution in [0.15, 0.2) is 18.2 Å². The highest BCUT2D eigenvalue weighted by Crippen LogP contribution is 2.26. The number of hydrogen-bond acceptors (Lipinski definition) is 3. The van der Waals surface area contributed by atoms with Crippen molar-refractivity contribution in [2.45, 2.75) is 51.2 Å². The predicted molar refractivity (Wildman–Crippen MR) is 68.6 cm³/mol. The standard InChI is InChI=1S/C14H22N2O/c1-12-6-5-7-13(16-12)10-17-11-14(15)8-3-2-4-9-14/h5-7H,2-4,8-11,15H2,1H3. The van der Waals surface area contributed by atoms with E-state index in [-0.39, 0.29) is 5.54 Å². The van der Waals surface area contributed by atoms with Gasteiger partial charge in [0.05, 0.1) is 18.9 Å². The summed E-state index contributed by atoms with van der Waals surface area (Å²) in [4.78, 5) is 4.41. The molecule has 0 amide bonds. The van der Waals surface area contributed by atoms with Gasteiger partial charge in [-0.1, -0.05) is 25.3 Å². The molecule has 0 bridgehead atoms. The molecule has 0 saturated heterocycles. The fourth-order valence-electron chi connectivity index (χ4n) is 2.44. The average molecular weight is 234 g/mol. The maximum absolute atomic E-state index is 6.31. The van der Waals surface area contributed by atoms with Crippen LogP contribution in [0, 0.1) is 6.92 Å². The van der Waals surface area contributed by atoms with E-state index in [9.17, 15) is 0 Å². The molecule has 1 saturated carbocycles. The SMILES string of the molecule is Cc1cccc(COCC2(N)CCCCC2)n1. The number of nitrogens with two attached hydrogens (primary N) is 1. The second-order valence-corrected chi connectivity index (χ2v) is 5.19. The van der Waals surface area contributed by atoms with Crippen LogP contribution in [0.2, 0.25) is 0 Å². The molecular formula is C14H22N2O. The van der Waals surface area contributed by atoms with E-state index in [1.807, 2.05) is 25.1 Å². The molecule has 1 fully saturated rings. The van der Waals surface area contributed by atoms with Crippen molar-refractivity contribution in [3.8, 4) is 0 Å². The van der Waals surface area contributed by atoms with E-state index in [2.05, 4.69) is 4.98 Å². The molecule has 2 N–H and O–H groups in total. The molecule has 94 valence electrons. The number of nitrogens with zero attached hydrogens (tertiary/aromatic N) is 1. The van der Waals surface area contributed by atoms with Crippen LogP contribution in [0.5, 0.6) is 0 Å². The van der Waals surface area contributed by atoms with Crippen LogP contribution in [0.3, 0.4) is 0 Å². The molecule has 0 spiro atoms. The predicted octanol–water partition coefficient (Wildman–Crippen LogP) is 2.57. The van der Waals surface area contributed by atoms with E-state index in [1.165, 1.54) is 19.3 Å². The molecule has 1 aliphatic rings. The van der Waals surface area contributed by atoms with E-state index >= 15 is 0 Å². The van der Waals surface area contributed by atoms with Crippen molar-refractivity contribution in [1.82, 2.24) is 4.98 Å². The Morgan fingerprint density at radius 1 is 1.29 bits per heavy atom. The van der Waals surface area contributed by atoms with Crippen molar-refractivity contribution in [2.24, 2.45) is 5.73 Å². The summed E-state index contributed by atoms with van der Waals surface area (Å²) in [5, 5.41) is 0. The van der Waals surface area contributed by atoms with E-state index in [4.69, 9.17) is 10.5 Å². The van der Waals surface area contributed by atoms with Crippen molar-refractivity contribution < 1.29 is 4.74 Å². The Labute approximate surface area is 103 Å². The maximum Gasteiger partial charge on any atom is 0.0888 e. The van der Waals surface area contributed by atoms with Crippen molar-refractivity contribution in [1.29, 1.82) is 0 Å². The fraction of sp³-hybridized carbons (Fsp3) is 0.643. The number of hydrogen-bond donors (Lipinski definition) is 1. The van der Waals surface area contributed by atoms with Gasteiger partial charge in [0.25, 0.3) is 0 Å². The normalized spacial score (nSPS) is 19.2. The van der Waals surface area contributed by atoms with Gasteiger partial charge in [-0.2, -0.15) is 0 Å². The molecule has 1 aromatic rings. The van der Waals surface area contributed by atoms with Crippen LogP contribution < -0.4 is 5.73 Å². The zero-order valence-electron chi connectivity index (χ0n) is 10.6. The van der Waals surface area contributed by atoms with Crippen LogP contribution in [0.25, 0.3) is 0 Å². The van der Waals surface area contributed by atoms with Gasteiger partial charge in [0.2, 0.25) is 0 Å². The first-order chi connectivity index (χ1) is 8.18.